The molecule has 1 saturated heterocycles. The highest BCUT2D eigenvalue weighted by atomic mass is 35.5. The molecule has 12 heteroatoms. The minimum Gasteiger partial charge on any atom is -0.497 e. The van der Waals surface area contributed by atoms with Gasteiger partial charge in [0.15, 0.2) is 15.5 Å². The maximum atomic E-state index is 15.5. The van der Waals surface area contributed by atoms with E-state index in [2.05, 4.69) is 5.32 Å². The third-order valence-electron chi connectivity index (χ3n) is 6.49. The van der Waals surface area contributed by atoms with Crippen molar-refractivity contribution in [2.45, 2.75) is 36.4 Å². The number of halogens is 2. The van der Waals surface area contributed by atoms with Crippen molar-refractivity contribution in [3.63, 3.8) is 0 Å². The molecule has 194 valence electrons. The highest BCUT2D eigenvalue weighted by Gasteiger charge is 2.45. The molecule has 0 radical (unpaired) electrons. The van der Waals surface area contributed by atoms with E-state index in [1.54, 1.807) is 37.3 Å². The van der Waals surface area contributed by atoms with Gasteiger partial charge >= 0.3 is 0 Å². The van der Waals surface area contributed by atoms with Crippen molar-refractivity contribution < 1.29 is 30.8 Å². The van der Waals surface area contributed by atoms with Crippen LogP contribution in [0, 0.1) is 0 Å². The number of amides is 1. The van der Waals surface area contributed by atoms with Gasteiger partial charge in [-0.25, -0.2) is 21.2 Å². The molecule has 0 bridgehead atoms. The van der Waals surface area contributed by atoms with Crippen LogP contribution in [-0.4, -0.2) is 64.7 Å². The molecule has 36 heavy (non-hydrogen) atoms. The van der Waals surface area contributed by atoms with Crippen molar-refractivity contribution in [2.24, 2.45) is 0 Å². The molecule has 0 spiro atoms. The van der Waals surface area contributed by atoms with Crippen LogP contribution in [0.3, 0.4) is 0 Å². The molecular formula is C24H26ClFN2O6S2. The molecule has 2 aliphatic rings. The topological polar surface area (TPSA) is 110 Å². The lowest BCUT2D eigenvalue weighted by atomic mass is 9.93. The number of hydrogen-bond donors (Lipinski definition) is 1. The van der Waals surface area contributed by atoms with Crippen LogP contribution < -0.4 is 10.1 Å². The normalized spacial score (nSPS) is 20.1. The Bertz CT molecular complexity index is 1430. The van der Waals surface area contributed by atoms with Gasteiger partial charge in [-0.15, -0.1) is 0 Å². The van der Waals surface area contributed by atoms with Gasteiger partial charge in [0.1, 0.15) is 5.75 Å². The number of carbonyl (C=O) groups is 1. The van der Waals surface area contributed by atoms with Crippen LogP contribution in [-0.2, 0) is 24.7 Å². The van der Waals surface area contributed by atoms with E-state index < -0.39 is 37.5 Å². The SMILES string of the molecule is COc1ccc(S(=O)(=O)N2CCC(F)(C(=O)N[C@H](C)C3=CS(=O)(=O)C3)CC2)c(-c2ccccc2Cl)c1. The van der Waals surface area contributed by atoms with E-state index in [0.717, 1.165) is 9.71 Å². The Morgan fingerprint density at radius 2 is 1.81 bits per heavy atom. The van der Waals surface area contributed by atoms with Gasteiger partial charge in [0, 0.05) is 53.5 Å². The van der Waals surface area contributed by atoms with Gasteiger partial charge in [-0.05, 0) is 36.8 Å². The molecular weight excluding hydrogens is 531 g/mol. The second-order valence-electron chi connectivity index (χ2n) is 8.91. The molecule has 0 saturated carbocycles. The molecule has 2 aliphatic heterocycles. The summed E-state index contributed by atoms with van der Waals surface area (Å²) >= 11 is 6.35. The fourth-order valence-corrected chi connectivity index (χ4v) is 7.48. The van der Waals surface area contributed by atoms with E-state index in [1.807, 2.05) is 0 Å². The summed E-state index contributed by atoms with van der Waals surface area (Å²) in [5.41, 5.74) is -0.908. The van der Waals surface area contributed by atoms with E-state index in [4.69, 9.17) is 16.3 Å². The summed E-state index contributed by atoms with van der Waals surface area (Å²) in [6.07, 6.45) is -0.667. The van der Waals surface area contributed by atoms with Crippen LogP contribution in [0.2, 0.25) is 5.02 Å². The molecule has 2 aromatic carbocycles. The first kappa shape index (κ1) is 26.6. The van der Waals surface area contributed by atoms with E-state index in [0.29, 0.717) is 27.5 Å². The number of sulfone groups is 1. The molecule has 0 aliphatic carbocycles. The Morgan fingerprint density at radius 1 is 1.17 bits per heavy atom. The quantitative estimate of drug-likeness (QED) is 0.560. The second-order valence-corrected chi connectivity index (χ2v) is 13.1. The number of carbonyl (C=O) groups excluding carboxylic acids is 1. The third kappa shape index (κ3) is 5.15. The standard InChI is InChI=1S/C24H26ClFN2O6S2/c1-16(17-14-35(30,31)15-17)27-23(29)24(26)9-11-28(12-10-24)36(32,33)22-8-7-18(34-2)13-20(22)19-5-3-4-6-21(19)25/h3-8,13-14,16H,9-12,15H2,1-2H3,(H,27,29)/t16-/m1/s1. The van der Waals surface area contributed by atoms with Crippen LogP contribution in [0.15, 0.2) is 58.3 Å². The Kier molecular flexibility index (Phi) is 7.22. The second kappa shape index (κ2) is 9.77. The van der Waals surface area contributed by atoms with Crippen molar-refractivity contribution in [3.05, 3.63) is 58.5 Å². The average Bonchev–Trinajstić information content (AvgIpc) is 2.82. The molecule has 1 amide bonds. The highest BCUT2D eigenvalue weighted by Crippen LogP contribution is 2.38. The third-order valence-corrected chi connectivity index (χ3v) is 10.2. The Morgan fingerprint density at radius 3 is 2.39 bits per heavy atom. The van der Waals surface area contributed by atoms with Gasteiger partial charge in [-0.1, -0.05) is 29.8 Å². The number of nitrogens with zero attached hydrogens (tertiary/aromatic N) is 1. The summed E-state index contributed by atoms with van der Waals surface area (Å²) < 4.78 is 71.8. The Balaban J connectivity index is 1.53. The summed E-state index contributed by atoms with van der Waals surface area (Å²) in [5.74, 6) is -0.598. The first-order valence-electron chi connectivity index (χ1n) is 11.2. The number of hydrogen-bond acceptors (Lipinski definition) is 6. The van der Waals surface area contributed by atoms with Crippen molar-refractivity contribution in [3.8, 4) is 16.9 Å². The number of alkyl halides is 1. The van der Waals surface area contributed by atoms with E-state index in [9.17, 15) is 21.6 Å². The number of methoxy groups -OCH3 is 1. The summed E-state index contributed by atoms with van der Waals surface area (Å²) in [7, 11) is -5.82. The van der Waals surface area contributed by atoms with Gasteiger partial charge in [0.05, 0.1) is 17.8 Å². The van der Waals surface area contributed by atoms with Crippen molar-refractivity contribution in [1.29, 1.82) is 0 Å². The zero-order valence-electron chi connectivity index (χ0n) is 19.7. The molecule has 2 aromatic rings. The van der Waals surface area contributed by atoms with Crippen molar-refractivity contribution in [1.82, 2.24) is 9.62 Å². The summed E-state index contributed by atoms with van der Waals surface area (Å²) in [5, 5.41) is 3.96. The van der Waals surface area contributed by atoms with Crippen LogP contribution in [0.25, 0.3) is 11.1 Å². The molecule has 0 unspecified atom stereocenters. The van der Waals surface area contributed by atoms with Crippen LogP contribution in [0.5, 0.6) is 5.75 Å². The van der Waals surface area contributed by atoms with Crippen LogP contribution in [0.4, 0.5) is 4.39 Å². The summed E-state index contributed by atoms with van der Waals surface area (Å²) in [6.45, 7) is 1.18. The van der Waals surface area contributed by atoms with Crippen molar-refractivity contribution in [2.75, 3.05) is 26.0 Å². The van der Waals surface area contributed by atoms with E-state index in [-0.39, 0.29) is 36.6 Å². The Hall–Kier alpha value is -2.47. The monoisotopic (exact) mass is 556 g/mol. The van der Waals surface area contributed by atoms with Gasteiger partial charge in [0.25, 0.3) is 5.91 Å². The predicted octanol–water partition coefficient (Wildman–Crippen LogP) is 3.33. The number of nitrogens with one attached hydrogen (secondary N) is 1. The smallest absolute Gasteiger partial charge is 0.258 e. The lowest BCUT2D eigenvalue weighted by Gasteiger charge is -2.36. The molecule has 4 rings (SSSR count). The number of piperidine rings is 1. The fourth-order valence-electron chi connectivity index (χ4n) is 4.28. The summed E-state index contributed by atoms with van der Waals surface area (Å²) in [4.78, 5) is 12.6. The zero-order chi connectivity index (χ0) is 26.3. The van der Waals surface area contributed by atoms with Crippen molar-refractivity contribution >= 4 is 37.4 Å². The molecule has 2 heterocycles. The van der Waals surface area contributed by atoms with E-state index in [1.165, 1.54) is 19.2 Å². The zero-order valence-corrected chi connectivity index (χ0v) is 22.1. The first-order valence-corrected chi connectivity index (χ1v) is 14.8. The molecule has 1 N–H and O–H groups in total. The number of ether oxygens (including phenoxy) is 1. The predicted molar refractivity (Wildman–Crippen MR) is 135 cm³/mol. The maximum absolute atomic E-state index is 15.5. The first-order chi connectivity index (χ1) is 16.9. The largest absolute Gasteiger partial charge is 0.497 e. The maximum Gasteiger partial charge on any atom is 0.258 e. The van der Waals surface area contributed by atoms with Crippen LogP contribution in [0.1, 0.15) is 19.8 Å². The number of benzene rings is 2. The molecule has 1 fully saturated rings. The van der Waals surface area contributed by atoms with Gasteiger partial charge in [-0.3, -0.25) is 4.79 Å². The van der Waals surface area contributed by atoms with E-state index >= 15 is 4.39 Å². The van der Waals surface area contributed by atoms with Gasteiger partial charge in [-0.2, -0.15) is 4.31 Å². The number of sulfonamides is 1. The molecule has 8 nitrogen and oxygen atoms in total. The van der Waals surface area contributed by atoms with Gasteiger partial charge in [0.2, 0.25) is 10.0 Å². The van der Waals surface area contributed by atoms with Gasteiger partial charge < -0.3 is 10.1 Å². The molecule has 1 atom stereocenters. The molecule has 0 aromatic heterocycles. The minimum absolute atomic E-state index is 0.000961. The number of rotatable bonds is 7. The lowest BCUT2D eigenvalue weighted by Crippen LogP contribution is -2.54. The Labute approximate surface area is 215 Å². The van der Waals surface area contributed by atoms with Crippen LogP contribution >= 0.6 is 11.6 Å². The lowest BCUT2D eigenvalue weighted by molar-refractivity contribution is -0.135. The minimum atomic E-state index is -4.06. The average molecular weight is 557 g/mol. The highest BCUT2D eigenvalue weighted by molar-refractivity contribution is 7.95. The fraction of sp³-hybridized carbons (Fsp3) is 0.375. The summed E-state index contributed by atoms with van der Waals surface area (Å²) in [6, 6.07) is 10.7.